The van der Waals surface area contributed by atoms with Gasteiger partial charge in [-0.25, -0.2) is 23.5 Å². The highest BCUT2D eigenvalue weighted by Crippen LogP contribution is 2.32. The zero-order valence-corrected chi connectivity index (χ0v) is 17.5. The molecule has 8 nitrogen and oxygen atoms in total. The Labute approximate surface area is 178 Å². The molecule has 162 valence electrons. The maximum absolute atomic E-state index is 14.2. The fraction of sp³-hybridized carbons (Fsp3) is 0.364. The Morgan fingerprint density at radius 2 is 2.00 bits per heavy atom. The van der Waals surface area contributed by atoms with Crippen molar-refractivity contribution >= 4 is 23.5 Å². The maximum atomic E-state index is 14.2. The van der Waals surface area contributed by atoms with Crippen LogP contribution in [0.4, 0.5) is 15.0 Å². The molecule has 0 spiro atoms. The van der Waals surface area contributed by atoms with Crippen LogP contribution in [0.1, 0.15) is 44.0 Å². The molecule has 1 aromatic carbocycles. The number of carboxylic acids is 1. The van der Waals surface area contributed by atoms with Gasteiger partial charge in [-0.1, -0.05) is 6.07 Å². The quantitative estimate of drug-likeness (QED) is 0.650. The normalized spacial score (nSPS) is 13.9. The number of ether oxygens (including phenoxy) is 1. The fourth-order valence-corrected chi connectivity index (χ4v) is 3.19. The molecule has 1 amide bonds. The van der Waals surface area contributed by atoms with Crippen LogP contribution in [-0.2, 0) is 4.74 Å². The third kappa shape index (κ3) is 4.50. The number of carbonyl (C=O) groups is 2. The monoisotopic (exact) mass is 426 g/mol. The summed E-state index contributed by atoms with van der Waals surface area (Å²) in [6, 6.07) is 7.26. The first-order valence-electron chi connectivity index (χ1n) is 10.0. The van der Waals surface area contributed by atoms with Crippen LogP contribution in [0.5, 0.6) is 0 Å². The molecule has 2 aromatic heterocycles. The summed E-state index contributed by atoms with van der Waals surface area (Å²) in [6.45, 7) is 5.92. The van der Waals surface area contributed by atoms with Crippen LogP contribution in [0.25, 0.3) is 16.9 Å². The minimum Gasteiger partial charge on any atom is -0.478 e. The van der Waals surface area contributed by atoms with Crippen molar-refractivity contribution < 1.29 is 23.8 Å². The number of carboxylic acid groups (broad SMARTS) is 1. The molecule has 1 aliphatic rings. The molecule has 0 atom stereocenters. The summed E-state index contributed by atoms with van der Waals surface area (Å²) in [5.41, 5.74) is 0.352. The summed E-state index contributed by atoms with van der Waals surface area (Å²) in [5, 5.41) is 13.6. The first kappa shape index (κ1) is 20.8. The van der Waals surface area contributed by atoms with Gasteiger partial charge in [0.25, 0.3) is 0 Å². The summed E-state index contributed by atoms with van der Waals surface area (Å²) < 4.78 is 21.3. The summed E-state index contributed by atoms with van der Waals surface area (Å²) in [4.78, 5) is 29.7. The van der Waals surface area contributed by atoms with E-state index in [0.717, 1.165) is 18.9 Å². The van der Waals surface area contributed by atoms with E-state index >= 15 is 0 Å². The van der Waals surface area contributed by atoms with Gasteiger partial charge in [0.2, 0.25) is 0 Å². The van der Waals surface area contributed by atoms with Gasteiger partial charge < -0.3 is 9.84 Å². The number of imidazole rings is 1. The van der Waals surface area contributed by atoms with E-state index in [1.807, 2.05) is 0 Å². The van der Waals surface area contributed by atoms with E-state index in [4.69, 9.17) is 9.84 Å². The number of carbonyl (C=O) groups excluding carboxylic acids is 1. The second-order valence-corrected chi connectivity index (χ2v) is 8.64. The molecule has 1 N–H and O–H groups in total. The Balaban J connectivity index is 1.73. The minimum absolute atomic E-state index is 0.399. The van der Waals surface area contributed by atoms with Crippen LogP contribution in [0.15, 0.2) is 36.5 Å². The van der Waals surface area contributed by atoms with Crippen LogP contribution >= 0.6 is 0 Å². The molecule has 0 radical (unpaired) electrons. The van der Waals surface area contributed by atoms with Crippen molar-refractivity contribution in [1.29, 1.82) is 0 Å². The Hall–Kier alpha value is -3.49. The molecule has 1 saturated carbocycles. The van der Waals surface area contributed by atoms with Gasteiger partial charge in [0.05, 0.1) is 17.5 Å². The van der Waals surface area contributed by atoms with Gasteiger partial charge in [-0.05, 0) is 63.8 Å². The van der Waals surface area contributed by atoms with Gasteiger partial charge in [-0.2, -0.15) is 0 Å². The number of anilines is 1. The smallest absolute Gasteiger partial charge is 0.416 e. The molecule has 2 heterocycles. The van der Waals surface area contributed by atoms with Crippen molar-refractivity contribution in [3.63, 3.8) is 0 Å². The third-order valence-electron chi connectivity index (χ3n) is 4.87. The van der Waals surface area contributed by atoms with E-state index in [-0.39, 0.29) is 0 Å². The highest BCUT2D eigenvalue weighted by atomic mass is 19.1. The summed E-state index contributed by atoms with van der Waals surface area (Å²) >= 11 is 0. The molecule has 0 saturated heterocycles. The van der Waals surface area contributed by atoms with Crippen molar-refractivity contribution in [3.05, 3.63) is 47.9 Å². The lowest BCUT2D eigenvalue weighted by molar-refractivity contribution is 0.0576. The molecule has 0 unspecified atom stereocenters. The number of hydrogen-bond acceptors (Lipinski definition) is 5. The molecule has 3 aromatic rings. The number of benzene rings is 1. The lowest BCUT2D eigenvalue weighted by atomic mass is 10.1. The van der Waals surface area contributed by atoms with Gasteiger partial charge in [0.1, 0.15) is 11.4 Å². The van der Waals surface area contributed by atoms with E-state index in [2.05, 4.69) is 10.1 Å². The number of nitrogens with zero attached hydrogens (tertiary/aromatic N) is 4. The molecule has 4 rings (SSSR count). The van der Waals surface area contributed by atoms with Crippen LogP contribution in [0, 0.1) is 11.7 Å². The van der Waals surface area contributed by atoms with Crippen molar-refractivity contribution in [3.8, 4) is 11.3 Å². The second kappa shape index (κ2) is 7.64. The Bertz CT molecular complexity index is 1160. The van der Waals surface area contributed by atoms with Gasteiger partial charge >= 0.3 is 12.1 Å². The largest absolute Gasteiger partial charge is 0.478 e. The topological polar surface area (TPSA) is 97.0 Å². The number of aromatic nitrogens is 3. The van der Waals surface area contributed by atoms with Crippen LogP contribution in [0.3, 0.4) is 0 Å². The zero-order valence-electron chi connectivity index (χ0n) is 17.5. The van der Waals surface area contributed by atoms with E-state index in [1.54, 1.807) is 32.9 Å². The van der Waals surface area contributed by atoms with E-state index < -0.39 is 29.0 Å². The lowest BCUT2D eigenvalue weighted by Crippen LogP contribution is -2.38. The molecule has 31 heavy (non-hydrogen) atoms. The highest BCUT2D eigenvalue weighted by molar-refractivity contribution is 5.89. The summed E-state index contributed by atoms with van der Waals surface area (Å²) in [5.74, 6) is -1.38. The fourth-order valence-electron chi connectivity index (χ4n) is 3.19. The van der Waals surface area contributed by atoms with Gasteiger partial charge in [0.15, 0.2) is 11.5 Å². The maximum Gasteiger partial charge on any atom is 0.416 e. The van der Waals surface area contributed by atoms with E-state index in [1.165, 1.54) is 27.7 Å². The average molecular weight is 426 g/mol. The number of hydrogen-bond donors (Lipinski definition) is 1. The standard InChI is InChI=1S/C22H23FN4O4/c1-22(2,3)31-21(30)26(12-13-4-5-13)19-9-8-18-24-11-17(27(18)25-19)14-6-7-15(20(28)29)16(23)10-14/h6-11,13H,4-5,12H2,1-3H3,(H,28,29). The minimum atomic E-state index is -1.34. The predicted octanol–water partition coefficient (Wildman–Crippen LogP) is 4.39. The molecular weight excluding hydrogens is 403 g/mol. The van der Waals surface area contributed by atoms with Crippen molar-refractivity contribution in [2.75, 3.05) is 11.4 Å². The molecule has 1 aliphatic carbocycles. The highest BCUT2D eigenvalue weighted by Gasteiger charge is 2.31. The average Bonchev–Trinajstić information content (AvgIpc) is 3.40. The first-order valence-corrected chi connectivity index (χ1v) is 10.0. The van der Waals surface area contributed by atoms with Crippen molar-refractivity contribution in [1.82, 2.24) is 14.6 Å². The molecule has 0 aliphatic heterocycles. The van der Waals surface area contributed by atoms with Gasteiger partial charge in [0, 0.05) is 12.1 Å². The summed E-state index contributed by atoms with van der Waals surface area (Å²) in [6.07, 6.45) is 3.14. The first-order chi connectivity index (χ1) is 14.6. The number of aromatic carboxylic acids is 1. The predicted molar refractivity (Wildman–Crippen MR) is 112 cm³/mol. The van der Waals surface area contributed by atoms with E-state index in [9.17, 15) is 14.0 Å². The Morgan fingerprint density at radius 1 is 1.26 bits per heavy atom. The Morgan fingerprint density at radius 3 is 2.61 bits per heavy atom. The second-order valence-electron chi connectivity index (χ2n) is 8.64. The van der Waals surface area contributed by atoms with Crippen molar-refractivity contribution in [2.24, 2.45) is 5.92 Å². The van der Waals surface area contributed by atoms with Crippen molar-refractivity contribution in [2.45, 2.75) is 39.2 Å². The summed E-state index contributed by atoms with van der Waals surface area (Å²) in [7, 11) is 0. The number of rotatable bonds is 5. The molecule has 1 fully saturated rings. The number of halogens is 1. The third-order valence-corrected chi connectivity index (χ3v) is 4.87. The molecule has 9 heteroatoms. The SMILES string of the molecule is CC(C)(C)OC(=O)N(CC1CC1)c1ccc2ncc(-c3ccc(C(=O)O)c(F)c3)n2n1. The number of fused-ring (bicyclic) bond motifs is 1. The molecule has 0 bridgehead atoms. The van der Waals surface area contributed by atoms with Crippen LogP contribution in [-0.4, -0.2) is 43.9 Å². The van der Waals surface area contributed by atoms with Gasteiger partial charge in [-0.15, -0.1) is 5.10 Å². The number of amides is 1. The molecular formula is C22H23FN4O4. The van der Waals surface area contributed by atoms with E-state index in [0.29, 0.717) is 35.2 Å². The van der Waals surface area contributed by atoms with Crippen LogP contribution in [0.2, 0.25) is 0 Å². The Kier molecular flexibility index (Phi) is 5.12. The van der Waals surface area contributed by atoms with Gasteiger partial charge in [-0.3, -0.25) is 4.90 Å². The zero-order chi connectivity index (χ0) is 22.3. The lowest BCUT2D eigenvalue weighted by Gasteiger charge is -2.26. The van der Waals surface area contributed by atoms with Crippen LogP contribution < -0.4 is 4.90 Å².